The Morgan fingerprint density at radius 2 is 2.00 bits per heavy atom. The zero-order valence-electron chi connectivity index (χ0n) is 17.7. The smallest absolute Gasteiger partial charge is 0.261 e. The number of guanidine groups is 1. The van der Waals surface area contributed by atoms with Gasteiger partial charge in [-0.2, -0.15) is 0 Å². The van der Waals surface area contributed by atoms with E-state index in [-0.39, 0.29) is 11.9 Å². The molecule has 2 unspecified atom stereocenters. The molecule has 3 aromatic rings. The molecule has 0 aliphatic carbocycles. The summed E-state index contributed by atoms with van der Waals surface area (Å²) in [6.07, 6.45) is 7.79. The normalized spacial score (nSPS) is 24.3. The number of amides is 1. The minimum Gasteiger partial charge on any atom is -0.487 e. The van der Waals surface area contributed by atoms with Crippen LogP contribution in [0.25, 0.3) is 11.1 Å². The van der Waals surface area contributed by atoms with E-state index in [1.165, 1.54) is 4.90 Å². The molecular formula is C24H22ClN5O2. The van der Waals surface area contributed by atoms with Gasteiger partial charge in [0, 0.05) is 55.8 Å². The van der Waals surface area contributed by atoms with Crippen LogP contribution < -0.4 is 10.5 Å². The van der Waals surface area contributed by atoms with Gasteiger partial charge in [-0.05, 0) is 42.3 Å². The van der Waals surface area contributed by atoms with E-state index in [0.29, 0.717) is 29.2 Å². The van der Waals surface area contributed by atoms with Gasteiger partial charge in [0.05, 0.1) is 5.02 Å². The number of pyridine rings is 2. The number of hydrogen-bond acceptors (Lipinski definition) is 6. The van der Waals surface area contributed by atoms with Crippen LogP contribution in [0.15, 0.2) is 66.2 Å². The second kappa shape index (κ2) is 7.31. The Bertz CT molecular complexity index is 1250. The Labute approximate surface area is 190 Å². The molecule has 32 heavy (non-hydrogen) atoms. The Balaban J connectivity index is 1.65. The van der Waals surface area contributed by atoms with E-state index in [1.807, 2.05) is 49.5 Å². The third kappa shape index (κ3) is 3.29. The van der Waals surface area contributed by atoms with Gasteiger partial charge in [0.25, 0.3) is 5.91 Å². The van der Waals surface area contributed by atoms with Crippen molar-refractivity contribution < 1.29 is 9.53 Å². The molecule has 0 fully saturated rings. The molecule has 1 spiro atoms. The highest BCUT2D eigenvalue weighted by molar-refractivity contribution is 6.30. The van der Waals surface area contributed by atoms with Crippen molar-refractivity contribution in [3.63, 3.8) is 0 Å². The first-order valence-electron chi connectivity index (χ1n) is 10.3. The highest BCUT2D eigenvalue weighted by Crippen LogP contribution is 2.50. The molecule has 2 aliphatic rings. The number of aliphatic imine (C=N–C) groups is 1. The summed E-state index contributed by atoms with van der Waals surface area (Å²) in [5, 5.41) is 0.536. The van der Waals surface area contributed by atoms with Crippen molar-refractivity contribution in [2.75, 3.05) is 7.05 Å². The molecule has 2 aliphatic heterocycles. The first-order chi connectivity index (χ1) is 15.3. The lowest BCUT2D eigenvalue weighted by atomic mass is 9.74. The highest BCUT2D eigenvalue weighted by atomic mass is 35.5. The highest BCUT2D eigenvalue weighted by Gasteiger charge is 2.56. The number of rotatable bonds is 3. The first kappa shape index (κ1) is 20.5. The largest absolute Gasteiger partial charge is 0.487 e. The maximum absolute atomic E-state index is 13.5. The molecule has 2 atom stereocenters. The zero-order valence-corrected chi connectivity index (χ0v) is 18.5. The Hall–Kier alpha value is -3.45. The van der Waals surface area contributed by atoms with E-state index in [0.717, 1.165) is 16.7 Å². The quantitative estimate of drug-likeness (QED) is 0.662. The summed E-state index contributed by atoms with van der Waals surface area (Å²) in [4.78, 5) is 28.0. The van der Waals surface area contributed by atoms with Crippen molar-refractivity contribution in [1.82, 2.24) is 14.9 Å². The number of benzene rings is 1. The second-order valence-corrected chi connectivity index (χ2v) is 9.00. The molecule has 1 aromatic carbocycles. The Kier molecular flexibility index (Phi) is 4.67. The molecule has 2 aromatic heterocycles. The minimum absolute atomic E-state index is 0.168. The van der Waals surface area contributed by atoms with Gasteiger partial charge in [0.1, 0.15) is 11.4 Å². The molecule has 0 bridgehead atoms. The molecule has 4 heterocycles. The topological polar surface area (TPSA) is 93.7 Å². The number of halogens is 1. The average molecular weight is 448 g/mol. The predicted octanol–water partition coefficient (Wildman–Crippen LogP) is 3.56. The Morgan fingerprint density at radius 3 is 2.69 bits per heavy atom. The number of nitrogens with two attached hydrogens (primary N) is 1. The van der Waals surface area contributed by atoms with Gasteiger partial charge in [-0.25, -0.2) is 4.99 Å². The van der Waals surface area contributed by atoms with E-state index in [2.05, 4.69) is 9.97 Å². The summed E-state index contributed by atoms with van der Waals surface area (Å²) < 4.78 is 6.49. The van der Waals surface area contributed by atoms with Crippen LogP contribution in [-0.4, -0.2) is 39.4 Å². The number of nitrogens with zero attached hydrogens (tertiary/aromatic N) is 4. The van der Waals surface area contributed by atoms with Crippen molar-refractivity contribution in [1.29, 1.82) is 0 Å². The molecule has 0 radical (unpaired) electrons. The van der Waals surface area contributed by atoms with Crippen LogP contribution in [0.1, 0.15) is 24.5 Å². The van der Waals surface area contributed by atoms with Crippen LogP contribution in [0.3, 0.4) is 0 Å². The summed E-state index contributed by atoms with van der Waals surface area (Å²) in [6, 6.07) is 11.5. The summed E-state index contributed by atoms with van der Waals surface area (Å²) in [7, 11) is 1.65. The van der Waals surface area contributed by atoms with Crippen molar-refractivity contribution >= 4 is 23.5 Å². The van der Waals surface area contributed by atoms with Crippen molar-refractivity contribution in [2.45, 2.75) is 30.9 Å². The number of carbonyl (C=O) groups excluding carboxylic acids is 1. The lowest BCUT2D eigenvalue weighted by Crippen LogP contribution is -2.51. The first-order valence-corrected chi connectivity index (χ1v) is 10.6. The van der Waals surface area contributed by atoms with E-state index >= 15 is 0 Å². The van der Waals surface area contributed by atoms with E-state index in [9.17, 15) is 4.79 Å². The van der Waals surface area contributed by atoms with Gasteiger partial charge in [-0.1, -0.05) is 23.7 Å². The van der Waals surface area contributed by atoms with Crippen molar-refractivity contribution in [3.05, 3.63) is 77.3 Å². The number of likely N-dealkylation sites (N-methyl/N-ethyl adjacent to an activating group) is 1. The number of hydrogen-bond donors (Lipinski definition) is 1. The monoisotopic (exact) mass is 447 g/mol. The van der Waals surface area contributed by atoms with Crippen LogP contribution in [0.4, 0.5) is 0 Å². The van der Waals surface area contributed by atoms with Crippen LogP contribution in [-0.2, 0) is 16.8 Å². The second-order valence-electron chi connectivity index (χ2n) is 8.56. The predicted molar refractivity (Wildman–Crippen MR) is 122 cm³/mol. The summed E-state index contributed by atoms with van der Waals surface area (Å²) in [5.41, 5.74) is 7.70. The standard InChI is InChI=1S/C24H22ClN5O2/c1-23(10-15-4-3-7-27-11-15)14-24(21(31)30(2)22(26)29-24)19-9-16(5-6-20(19)32-23)17-8-18(25)13-28-12-17/h3-9,11-13H,10,14H2,1-2H3,(H2,26,29). The van der Waals surface area contributed by atoms with Gasteiger partial charge in [-0.15, -0.1) is 0 Å². The fraction of sp³-hybridized carbons (Fsp3) is 0.250. The number of aromatic nitrogens is 2. The van der Waals surface area contributed by atoms with Crippen molar-refractivity contribution in [3.8, 4) is 16.9 Å². The summed E-state index contributed by atoms with van der Waals surface area (Å²) in [6.45, 7) is 2.00. The fourth-order valence-electron chi connectivity index (χ4n) is 4.65. The maximum Gasteiger partial charge on any atom is 0.261 e. The summed E-state index contributed by atoms with van der Waals surface area (Å²) >= 11 is 6.14. The molecular weight excluding hydrogens is 426 g/mol. The number of ether oxygens (including phenoxy) is 1. The molecule has 0 saturated carbocycles. The van der Waals surface area contributed by atoms with Crippen LogP contribution in [0.2, 0.25) is 5.02 Å². The molecule has 162 valence electrons. The van der Waals surface area contributed by atoms with Crippen LogP contribution in [0.5, 0.6) is 5.75 Å². The molecule has 7 nitrogen and oxygen atoms in total. The van der Waals surface area contributed by atoms with Gasteiger partial charge < -0.3 is 10.5 Å². The number of fused-ring (bicyclic) bond motifs is 2. The van der Waals surface area contributed by atoms with Gasteiger partial charge in [-0.3, -0.25) is 19.7 Å². The minimum atomic E-state index is -1.16. The molecule has 2 N–H and O–H groups in total. The van der Waals surface area contributed by atoms with E-state index in [1.54, 1.807) is 25.6 Å². The summed E-state index contributed by atoms with van der Waals surface area (Å²) in [5.74, 6) is 0.640. The van der Waals surface area contributed by atoms with Gasteiger partial charge in [0.15, 0.2) is 11.5 Å². The lowest BCUT2D eigenvalue weighted by Gasteiger charge is -2.43. The zero-order chi connectivity index (χ0) is 22.5. The van der Waals surface area contributed by atoms with Crippen molar-refractivity contribution in [2.24, 2.45) is 10.7 Å². The van der Waals surface area contributed by atoms with Crippen LogP contribution >= 0.6 is 11.6 Å². The third-order valence-corrected chi connectivity index (χ3v) is 6.26. The Morgan fingerprint density at radius 1 is 1.16 bits per heavy atom. The van der Waals surface area contributed by atoms with E-state index < -0.39 is 11.1 Å². The SMILES string of the molecule is CN1C(=O)C2(CC(C)(Cc3cccnc3)Oc3ccc(-c4cncc(Cl)c4)cc32)N=C1N. The van der Waals surface area contributed by atoms with Gasteiger partial charge >= 0.3 is 0 Å². The lowest BCUT2D eigenvalue weighted by molar-refractivity contribution is -0.133. The molecule has 0 saturated heterocycles. The average Bonchev–Trinajstić information content (AvgIpc) is 2.97. The maximum atomic E-state index is 13.5. The number of carbonyl (C=O) groups is 1. The third-order valence-electron chi connectivity index (χ3n) is 6.06. The fourth-order valence-corrected chi connectivity index (χ4v) is 4.83. The van der Waals surface area contributed by atoms with E-state index in [4.69, 9.17) is 27.1 Å². The molecule has 5 rings (SSSR count). The molecule has 1 amide bonds. The molecule has 8 heteroatoms. The van der Waals surface area contributed by atoms with Crippen LogP contribution in [0, 0.1) is 0 Å². The van der Waals surface area contributed by atoms with Gasteiger partial charge in [0.2, 0.25) is 0 Å².